The number of aromatic hydroxyl groups is 2. The number of phenols is 2. The Morgan fingerprint density at radius 3 is 1.05 bits per heavy atom. The van der Waals surface area contributed by atoms with Crippen LogP contribution in [0.25, 0.3) is 65.3 Å². The summed E-state index contributed by atoms with van der Waals surface area (Å²) < 4.78 is 69.2. The topological polar surface area (TPSA) is 83.8 Å². The van der Waals surface area contributed by atoms with E-state index in [1.165, 1.54) is 93.4 Å². The van der Waals surface area contributed by atoms with Gasteiger partial charge >= 0.3 is 15.6 Å². The maximum Gasteiger partial charge on any atom is 0.534 e. The summed E-state index contributed by atoms with van der Waals surface area (Å²) in [7, 11) is -5.85. The van der Waals surface area contributed by atoms with Crippen molar-refractivity contribution in [3.05, 3.63) is 149 Å². The van der Waals surface area contributed by atoms with Crippen LogP contribution < -0.4 is 4.18 Å². The van der Waals surface area contributed by atoms with Crippen molar-refractivity contribution in [3.8, 4) is 39.5 Å². The van der Waals surface area contributed by atoms with Crippen LogP contribution in [0.2, 0.25) is 0 Å². The molecule has 5 nitrogen and oxygen atoms in total. The number of hydrogen-bond donors (Lipinski definition) is 2. The van der Waals surface area contributed by atoms with Crippen molar-refractivity contribution >= 4 is 53.2 Å². The van der Waals surface area contributed by atoms with Crippen molar-refractivity contribution in [1.29, 1.82) is 0 Å². The molecule has 0 amide bonds. The molecular formula is C66H77F3O5S. The lowest BCUT2D eigenvalue weighted by atomic mass is 9.92. The molecule has 0 heterocycles. The molecule has 0 aromatic heterocycles. The zero-order valence-electron chi connectivity index (χ0n) is 44.9. The predicted octanol–water partition coefficient (Wildman–Crippen LogP) is 19.8. The molecular weight excluding hydrogens is 962 g/mol. The van der Waals surface area contributed by atoms with E-state index in [-0.39, 0.29) is 17.2 Å². The van der Waals surface area contributed by atoms with E-state index in [2.05, 4.69) is 76.2 Å². The van der Waals surface area contributed by atoms with Gasteiger partial charge in [0.25, 0.3) is 0 Å². The molecule has 0 saturated heterocycles. The molecule has 0 atom stereocenters. The van der Waals surface area contributed by atoms with Crippen molar-refractivity contribution in [2.75, 3.05) is 0 Å². The highest BCUT2D eigenvalue weighted by atomic mass is 32.2. The second kappa shape index (κ2) is 26.6. The van der Waals surface area contributed by atoms with Gasteiger partial charge < -0.3 is 14.4 Å². The zero-order chi connectivity index (χ0) is 53.5. The standard InChI is InChI=1S/C34H39F3O3S.C32H38O2/c1-4-6-8-10-12-25-14-16-27-21-31(24(3)18-29(27)19-25)32-22-28-17-15-26(13-11-9-7-5-2)20-30(28)23-33(32)40-41(38,39)34(35,36)37;1-3-5-7-9-11-23-13-15-25-19-29(31(33)21-27(25)17-23)30-20-26-16-14-24(12-10-8-6-4-2)18-28(26)22-32(30)34/h14-23H,4-13H2,1-3H3;13-22,33-34H,3-12H2,1-2H3. The van der Waals surface area contributed by atoms with Gasteiger partial charge in [0.1, 0.15) is 11.5 Å². The van der Waals surface area contributed by atoms with Gasteiger partial charge in [0.15, 0.2) is 5.75 Å². The van der Waals surface area contributed by atoms with Gasteiger partial charge in [-0.15, -0.1) is 0 Å². The summed E-state index contributed by atoms with van der Waals surface area (Å²) in [4.78, 5) is 0. The largest absolute Gasteiger partial charge is 0.534 e. The fraction of sp³-hybridized carbons (Fsp3) is 0.394. The molecule has 0 spiro atoms. The highest BCUT2D eigenvalue weighted by molar-refractivity contribution is 7.88. The predicted molar refractivity (Wildman–Crippen MR) is 309 cm³/mol. The first-order valence-electron chi connectivity index (χ1n) is 27.7. The quantitative estimate of drug-likeness (QED) is 0.0358. The number of halogens is 3. The Bertz CT molecular complexity index is 3210. The first-order valence-corrected chi connectivity index (χ1v) is 29.1. The average Bonchev–Trinajstić information content (AvgIpc) is 3.38. The second-order valence-corrected chi connectivity index (χ2v) is 22.2. The summed E-state index contributed by atoms with van der Waals surface area (Å²) in [5, 5.41) is 29.4. The molecule has 398 valence electrons. The number of aryl methyl sites for hydroxylation is 5. The normalized spacial score (nSPS) is 11.9. The average molecular weight is 1040 g/mol. The molecule has 75 heavy (non-hydrogen) atoms. The highest BCUT2D eigenvalue weighted by Crippen LogP contribution is 2.42. The third-order valence-corrected chi connectivity index (χ3v) is 15.6. The molecule has 0 fully saturated rings. The monoisotopic (exact) mass is 1040 g/mol. The summed E-state index contributed by atoms with van der Waals surface area (Å²) in [6.07, 6.45) is 23.1. The maximum atomic E-state index is 13.4. The van der Waals surface area contributed by atoms with Gasteiger partial charge in [0, 0.05) is 16.7 Å². The Kier molecular flexibility index (Phi) is 20.1. The van der Waals surface area contributed by atoms with E-state index >= 15 is 0 Å². The SMILES string of the molecule is CCCCCCc1ccc2cc(-c3cc4ccc(CCCCCC)cc4cc3O)c(O)cc2c1.CCCCCCc1ccc2cc(-c3cc4ccc(CCCCCC)cc4cc3OS(=O)(=O)C(F)(F)F)c(C)cc2c1. The molecule has 8 rings (SSSR count). The van der Waals surface area contributed by atoms with Crippen molar-refractivity contribution in [1.82, 2.24) is 0 Å². The lowest BCUT2D eigenvalue weighted by molar-refractivity contribution is -0.0499. The Morgan fingerprint density at radius 1 is 0.387 bits per heavy atom. The molecule has 0 saturated carbocycles. The van der Waals surface area contributed by atoms with Crippen molar-refractivity contribution in [2.45, 2.75) is 169 Å². The summed E-state index contributed by atoms with van der Waals surface area (Å²) >= 11 is 0. The van der Waals surface area contributed by atoms with Gasteiger partial charge in [-0.1, -0.05) is 184 Å². The van der Waals surface area contributed by atoms with Crippen LogP contribution in [0.5, 0.6) is 17.2 Å². The molecule has 9 heteroatoms. The Hall–Kier alpha value is -6.06. The lowest BCUT2D eigenvalue weighted by Gasteiger charge is -2.17. The van der Waals surface area contributed by atoms with Crippen molar-refractivity contribution in [2.24, 2.45) is 0 Å². The molecule has 8 aromatic carbocycles. The highest BCUT2D eigenvalue weighted by Gasteiger charge is 2.49. The Balaban J connectivity index is 0.000000222. The molecule has 0 aliphatic carbocycles. The zero-order valence-corrected chi connectivity index (χ0v) is 45.7. The minimum Gasteiger partial charge on any atom is -0.507 e. The van der Waals surface area contributed by atoms with Crippen LogP contribution in [-0.4, -0.2) is 24.1 Å². The molecule has 8 aromatic rings. The maximum absolute atomic E-state index is 13.4. The van der Waals surface area contributed by atoms with E-state index in [1.807, 2.05) is 67.6 Å². The first-order chi connectivity index (χ1) is 36.1. The van der Waals surface area contributed by atoms with Crippen molar-refractivity contribution in [3.63, 3.8) is 0 Å². The molecule has 0 unspecified atom stereocenters. The molecule has 0 aliphatic rings. The van der Waals surface area contributed by atoms with Crippen LogP contribution >= 0.6 is 0 Å². The van der Waals surface area contributed by atoms with Crippen LogP contribution in [0.1, 0.15) is 158 Å². The van der Waals surface area contributed by atoms with Crippen LogP contribution in [0.3, 0.4) is 0 Å². The van der Waals surface area contributed by atoms with E-state index < -0.39 is 15.6 Å². The Morgan fingerprint density at radius 2 is 0.707 bits per heavy atom. The fourth-order valence-electron chi connectivity index (χ4n) is 10.3. The van der Waals surface area contributed by atoms with Gasteiger partial charge in [-0.3, -0.25) is 0 Å². The van der Waals surface area contributed by atoms with Gasteiger partial charge in [0.2, 0.25) is 0 Å². The second-order valence-electron chi connectivity index (χ2n) is 20.7. The van der Waals surface area contributed by atoms with Gasteiger partial charge in [-0.2, -0.15) is 21.6 Å². The van der Waals surface area contributed by atoms with E-state index in [0.29, 0.717) is 27.6 Å². The smallest absolute Gasteiger partial charge is 0.507 e. The van der Waals surface area contributed by atoms with E-state index in [9.17, 15) is 31.8 Å². The van der Waals surface area contributed by atoms with Crippen LogP contribution in [0.4, 0.5) is 13.2 Å². The molecule has 0 aliphatic heterocycles. The molecule has 0 bridgehead atoms. The number of hydrogen-bond acceptors (Lipinski definition) is 5. The van der Waals surface area contributed by atoms with E-state index in [4.69, 9.17) is 4.18 Å². The van der Waals surface area contributed by atoms with Crippen LogP contribution in [0, 0.1) is 6.92 Å². The molecule has 2 N–H and O–H groups in total. The Labute approximate surface area is 444 Å². The number of alkyl halides is 3. The number of phenolic OH excluding ortho intramolecular Hbond substituents is 2. The van der Waals surface area contributed by atoms with E-state index in [1.54, 1.807) is 6.07 Å². The number of fused-ring (bicyclic) bond motifs is 4. The summed E-state index contributed by atoms with van der Waals surface area (Å²) in [5.41, 5.74) is 2.50. The molecule has 0 radical (unpaired) electrons. The van der Waals surface area contributed by atoms with E-state index in [0.717, 1.165) is 107 Å². The fourth-order valence-corrected chi connectivity index (χ4v) is 10.7. The van der Waals surface area contributed by atoms with Crippen molar-refractivity contribution < 1.29 is 36.0 Å². The van der Waals surface area contributed by atoms with Gasteiger partial charge in [-0.25, -0.2) is 0 Å². The summed E-state index contributed by atoms with van der Waals surface area (Å²) in [6.45, 7) is 10.7. The number of rotatable bonds is 24. The third-order valence-electron chi connectivity index (χ3n) is 14.6. The minimum atomic E-state index is -5.85. The minimum absolute atomic E-state index is 0.206. The van der Waals surface area contributed by atoms with Crippen LogP contribution in [-0.2, 0) is 35.8 Å². The lowest BCUT2D eigenvalue weighted by Crippen LogP contribution is -2.28. The van der Waals surface area contributed by atoms with Crippen LogP contribution in [0.15, 0.2) is 121 Å². The van der Waals surface area contributed by atoms with Gasteiger partial charge in [-0.05, 0) is 177 Å². The first kappa shape index (κ1) is 56.7. The number of benzene rings is 8. The summed E-state index contributed by atoms with van der Waals surface area (Å²) in [5.74, 6) is 0.0867. The number of unbranched alkanes of at least 4 members (excludes halogenated alkanes) is 12. The third kappa shape index (κ3) is 15.1. The summed E-state index contributed by atoms with van der Waals surface area (Å²) in [6, 6.07) is 39.9. The van der Waals surface area contributed by atoms with Gasteiger partial charge in [0.05, 0.1) is 0 Å².